The summed E-state index contributed by atoms with van der Waals surface area (Å²) in [7, 11) is 0. The zero-order valence-corrected chi connectivity index (χ0v) is 34.0. The van der Waals surface area contributed by atoms with E-state index in [-0.39, 0.29) is 0 Å². The molecule has 0 radical (unpaired) electrons. The van der Waals surface area contributed by atoms with Gasteiger partial charge in [-0.2, -0.15) is 5.26 Å². The van der Waals surface area contributed by atoms with Gasteiger partial charge in [0.05, 0.1) is 33.9 Å². The highest BCUT2D eigenvalue weighted by Gasteiger charge is 2.23. The Balaban J connectivity index is 1.14. The van der Waals surface area contributed by atoms with E-state index in [0.717, 1.165) is 60.6 Å². The number of nitrogens with zero attached hydrogens (tertiary/aromatic N) is 3. The van der Waals surface area contributed by atoms with E-state index in [9.17, 15) is 5.26 Å². The lowest BCUT2D eigenvalue weighted by Gasteiger charge is -2.21. The van der Waals surface area contributed by atoms with Crippen LogP contribution in [0.2, 0.25) is 0 Å². The Bertz CT molecular complexity index is 4020. The van der Waals surface area contributed by atoms with Crippen molar-refractivity contribution in [1.82, 2.24) is 9.55 Å². The first-order valence-corrected chi connectivity index (χ1v) is 21.4. The van der Waals surface area contributed by atoms with Crippen LogP contribution in [0.4, 0.5) is 0 Å². The Morgan fingerprint density at radius 1 is 0.381 bits per heavy atom. The van der Waals surface area contributed by atoms with Gasteiger partial charge in [0.1, 0.15) is 0 Å². The first-order valence-electron chi connectivity index (χ1n) is 21.4. The molecule has 290 valence electrons. The number of pyridine rings is 1. The van der Waals surface area contributed by atoms with Crippen LogP contribution in [0.3, 0.4) is 0 Å². The lowest BCUT2D eigenvalue weighted by atomic mass is 9.83. The second kappa shape index (κ2) is 13.7. The molecule has 0 saturated heterocycles. The van der Waals surface area contributed by atoms with Crippen molar-refractivity contribution in [3.05, 3.63) is 218 Å². The Kier molecular flexibility index (Phi) is 7.67. The minimum absolute atomic E-state index is 0.648. The molecule has 13 rings (SSSR count). The van der Waals surface area contributed by atoms with Gasteiger partial charge in [0.2, 0.25) is 0 Å². The van der Waals surface area contributed by atoms with Gasteiger partial charge >= 0.3 is 0 Å². The third kappa shape index (κ3) is 5.29. The number of benzene rings is 11. The maximum absolute atomic E-state index is 10.0. The summed E-state index contributed by atoms with van der Waals surface area (Å²) in [6, 6.07) is 78.8. The van der Waals surface area contributed by atoms with E-state index in [1.54, 1.807) is 0 Å². The Hall–Kier alpha value is -8.58. The quantitative estimate of drug-likeness (QED) is 0.131. The Morgan fingerprint density at radius 2 is 0.937 bits per heavy atom. The highest BCUT2D eigenvalue weighted by molar-refractivity contribution is 6.30. The normalized spacial score (nSPS) is 11.8. The molecule has 63 heavy (non-hydrogen) atoms. The number of aromatic nitrogens is 2. The highest BCUT2D eigenvalue weighted by Crippen LogP contribution is 2.49. The average molecular weight is 798 g/mol. The van der Waals surface area contributed by atoms with Crippen molar-refractivity contribution in [1.29, 1.82) is 5.26 Å². The number of rotatable bonds is 4. The smallest absolute Gasteiger partial charge is 0.0991 e. The molecule has 0 unspecified atom stereocenters. The van der Waals surface area contributed by atoms with Crippen molar-refractivity contribution in [3.63, 3.8) is 0 Å². The van der Waals surface area contributed by atoms with Gasteiger partial charge in [-0.15, -0.1) is 0 Å². The van der Waals surface area contributed by atoms with Gasteiger partial charge in [-0.05, 0) is 126 Å². The molecule has 2 aromatic heterocycles. The van der Waals surface area contributed by atoms with Crippen molar-refractivity contribution >= 4 is 86.6 Å². The second-order valence-corrected chi connectivity index (χ2v) is 16.5. The summed E-state index contributed by atoms with van der Waals surface area (Å²) < 4.78 is 2.31. The average Bonchev–Trinajstić information content (AvgIpc) is 3.67. The molecule has 0 saturated carbocycles. The van der Waals surface area contributed by atoms with E-state index in [1.165, 1.54) is 65.2 Å². The van der Waals surface area contributed by atoms with E-state index in [2.05, 4.69) is 205 Å². The molecule has 0 amide bonds. The summed E-state index contributed by atoms with van der Waals surface area (Å²) in [6.45, 7) is 0. The fraction of sp³-hybridized carbons (Fsp3) is 0. The van der Waals surface area contributed by atoms with Gasteiger partial charge < -0.3 is 4.57 Å². The molecule has 0 bridgehead atoms. The summed E-state index contributed by atoms with van der Waals surface area (Å²) in [5.74, 6) is 0. The topological polar surface area (TPSA) is 41.6 Å². The number of hydrogen-bond acceptors (Lipinski definition) is 2. The van der Waals surface area contributed by atoms with E-state index < -0.39 is 0 Å². The van der Waals surface area contributed by atoms with Crippen LogP contribution in [0.15, 0.2) is 212 Å². The molecule has 0 atom stereocenters. The zero-order chi connectivity index (χ0) is 41.6. The number of nitriles is 1. The minimum Gasteiger partial charge on any atom is -0.309 e. The van der Waals surface area contributed by atoms with Gasteiger partial charge in [-0.25, -0.2) is 4.98 Å². The van der Waals surface area contributed by atoms with Crippen LogP contribution >= 0.6 is 0 Å². The monoisotopic (exact) mass is 797 g/mol. The summed E-state index contributed by atoms with van der Waals surface area (Å²) >= 11 is 0. The standard InChI is InChI=1S/C60H35N3/c61-36-37-27-29-55-49(31-37)50-33-41(28-30-56(50)63(55)42-19-5-2-6-20-42)57-45-23-11-13-25-47(45)58(48-26-14-12-24-46(48)57)51-35-53-59(44-22-10-9-21-43(44)51)52-32-39-17-7-8-18-40(39)34-54(52)62-60(53)38-15-3-1-4-16-38/h1-35H. The van der Waals surface area contributed by atoms with Gasteiger partial charge in [0.25, 0.3) is 0 Å². The molecule has 2 heterocycles. The van der Waals surface area contributed by atoms with Crippen molar-refractivity contribution in [2.75, 3.05) is 0 Å². The molecule has 0 fully saturated rings. The minimum atomic E-state index is 0.648. The zero-order valence-electron chi connectivity index (χ0n) is 34.0. The second-order valence-electron chi connectivity index (χ2n) is 16.5. The number of fused-ring (bicyclic) bond motifs is 11. The number of hydrogen-bond donors (Lipinski definition) is 0. The molecule has 3 nitrogen and oxygen atoms in total. The third-order valence-corrected chi connectivity index (χ3v) is 13.1. The maximum atomic E-state index is 10.0. The van der Waals surface area contributed by atoms with Crippen LogP contribution in [-0.4, -0.2) is 9.55 Å². The van der Waals surface area contributed by atoms with E-state index in [4.69, 9.17) is 4.98 Å². The summed E-state index contributed by atoms with van der Waals surface area (Å²) in [5.41, 5.74) is 11.7. The summed E-state index contributed by atoms with van der Waals surface area (Å²) in [5, 5.41) is 25.2. The first kappa shape index (κ1) is 35.2. The van der Waals surface area contributed by atoms with Gasteiger partial charge in [-0.3, -0.25) is 0 Å². The van der Waals surface area contributed by atoms with Crippen molar-refractivity contribution in [3.8, 4) is 45.3 Å². The van der Waals surface area contributed by atoms with E-state index >= 15 is 0 Å². The Morgan fingerprint density at radius 3 is 1.62 bits per heavy atom. The molecule has 11 aromatic carbocycles. The van der Waals surface area contributed by atoms with Crippen LogP contribution in [-0.2, 0) is 0 Å². The third-order valence-electron chi connectivity index (χ3n) is 13.1. The van der Waals surface area contributed by atoms with Crippen molar-refractivity contribution in [2.45, 2.75) is 0 Å². The van der Waals surface area contributed by atoms with E-state index in [1.807, 2.05) is 18.2 Å². The fourth-order valence-electron chi connectivity index (χ4n) is 10.4. The van der Waals surface area contributed by atoms with Crippen molar-refractivity contribution < 1.29 is 0 Å². The maximum Gasteiger partial charge on any atom is 0.0991 e. The van der Waals surface area contributed by atoms with Crippen LogP contribution in [0.1, 0.15) is 5.56 Å². The van der Waals surface area contributed by atoms with Crippen LogP contribution in [0, 0.1) is 11.3 Å². The molecule has 0 N–H and O–H groups in total. The molecule has 0 aliphatic heterocycles. The molecule has 0 spiro atoms. The van der Waals surface area contributed by atoms with Crippen molar-refractivity contribution in [2.24, 2.45) is 0 Å². The van der Waals surface area contributed by atoms with Crippen LogP contribution in [0.5, 0.6) is 0 Å². The molecule has 0 aliphatic carbocycles. The van der Waals surface area contributed by atoms with E-state index in [0.29, 0.717) is 5.56 Å². The molecule has 0 aliphatic rings. The van der Waals surface area contributed by atoms with Gasteiger partial charge in [-0.1, -0.05) is 152 Å². The number of para-hydroxylation sites is 1. The fourth-order valence-corrected chi connectivity index (χ4v) is 10.4. The van der Waals surface area contributed by atoms with Gasteiger partial charge in [0, 0.05) is 38.2 Å². The lowest BCUT2D eigenvalue weighted by Crippen LogP contribution is -1.95. The first-order chi connectivity index (χ1) is 31.2. The largest absolute Gasteiger partial charge is 0.309 e. The SMILES string of the molecule is N#Cc1ccc2c(c1)c1cc(-c3c4ccccc4c(-c4cc5c(-c6ccccc6)nc6cc7ccccc7cc6c5c5ccccc45)c4ccccc34)ccc1n2-c1ccccc1. The van der Waals surface area contributed by atoms with Crippen LogP contribution in [0.25, 0.3) is 126 Å². The summed E-state index contributed by atoms with van der Waals surface area (Å²) in [4.78, 5) is 5.50. The lowest BCUT2D eigenvalue weighted by molar-refractivity contribution is 1.18. The molecular weight excluding hydrogens is 763 g/mol. The molecule has 3 heteroatoms. The molecular formula is C60H35N3. The van der Waals surface area contributed by atoms with Crippen LogP contribution < -0.4 is 0 Å². The summed E-state index contributed by atoms with van der Waals surface area (Å²) in [6.07, 6.45) is 0. The molecule has 13 aromatic rings. The highest BCUT2D eigenvalue weighted by atomic mass is 15.0. The predicted molar refractivity (Wildman–Crippen MR) is 265 cm³/mol. The van der Waals surface area contributed by atoms with Gasteiger partial charge in [0.15, 0.2) is 0 Å². The predicted octanol–water partition coefficient (Wildman–Crippen LogP) is 16.0. The Labute approximate surface area is 363 Å².